The van der Waals surface area contributed by atoms with Crippen LogP contribution in [0.1, 0.15) is 18.5 Å². The van der Waals surface area contributed by atoms with Crippen LogP contribution in [-0.2, 0) is 9.59 Å². The molecule has 0 saturated heterocycles. The third-order valence-corrected chi connectivity index (χ3v) is 2.74. The van der Waals surface area contributed by atoms with Gasteiger partial charge in [-0.05, 0) is 24.6 Å². The highest BCUT2D eigenvalue weighted by molar-refractivity contribution is 5.96. The molecule has 3 N–H and O–H groups in total. The van der Waals surface area contributed by atoms with E-state index in [1.807, 2.05) is 0 Å². The van der Waals surface area contributed by atoms with Crippen molar-refractivity contribution in [1.29, 1.82) is 0 Å². The second kappa shape index (κ2) is 5.52. The summed E-state index contributed by atoms with van der Waals surface area (Å²) in [4.78, 5) is 21.9. The third-order valence-electron chi connectivity index (χ3n) is 2.74. The van der Waals surface area contributed by atoms with E-state index in [0.717, 1.165) is 5.56 Å². The molecule has 1 atom stereocenters. The number of hydrogen-bond donors (Lipinski definition) is 3. The molecule has 1 aliphatic heterocycles. The number of aliphatic hydroxyl groups is 1. The fourth-order valence-electron chi connectivity index (χ4n) is 1.71. The molecular weight excluding hydrogens is 266 g/mol. The Balaban J connectivity index is 2.05. The molecule has 7 heteroatoms. The maximum absolute atomic E-state index is 11.5. The Morgan fingerprint density at radius 2 is 2.00 bits per heavy atom. The highest BCUT2D eigenvalue weighted by Crippen LogP contribution is 2.34. The van der Waals surface area contributed by atoms with Crippen LogP contribution in [0.3, 0.4) is 0 Å². The summed E-state index contributed by atoms with van der Waals surface area (Å²) in [5.41, 5.74) is 0.769. The average Bonchev–Trinajstić information content (AvgIpc) is 2.85. The summed E-state index contributed by atoms with van der Waals surface area (Å²) in [6.07, 6.45) is 0.617. The number of carboxylic acids is 1. The number of carboxylic acid groups (broad SMARTS) is 1. The summed E-state index contributed by atoms with van der Waals surface area (Å²) in [5.74, 6) is -2.05. The zero-order chi connectivity index (χ0) is 14.7. The van der Waals surface area contributed by atoms with E-state index in [9.17, 15) is 9.59 Å². The minimum atomic E-state index is -1.56. The van der Waals surface area contributed by atoms with E-state index in [1.165, 1.54) is 0 Å². The quantitative estimate of drug-likeness (QED) is 0.563. The van der Waals surface area contributed by atoms with Crippen molar-refractivity contribution in [2.45, 2.75) is 13.0 Å². The van der Waals surface area contributed by atoms with Crippen LogP contribution >= 0.6 is 0 Å². The molecule has 1 aliphatic rings. The Labute approximate surface area is 114 Å². The standard InChI is InChI=1S/C13H13NO6/c1-7(14-12(16)5-9(15)13(17)18)8-2-3-10-11(4-8)20-6-19-10/h2-5,7,15H,6H2,1H3,(H,14,16)(H,17,18). The number of ether oxygens (including phenoxy) is 2. The van der Waals surface area contributed by atoms with Gasteiger partial charge in [0.15, 0.2) is 11.5 Å². The van der Waals surface area contributed by atoms with E-state index in [4.69, 9.17) is 19.7 Å². The molecule has 0 aliphatic carbocycles. The van der Waals surface area contributed by atoms with Gasteiger partial charge in [0.1, 0.15) is 0 Å². The first-order valence-electron chi connectivity index (χ1n) is 5.81. The lowest BCUT2D eigenvalue weighted by atomic mass is 10.1. The van der Waals surface area contributed by atoms with Crippen molar-refractivity contribution in [3.8, 4) is 11.5 Å². The summed E-state index contributed by atoms with van der Waals surface area (Å²) < 4.78 is 10.4. The van der Waals surface area contributed by atoms with Gasteiger partial charge in [0.2, 0.25) is 18.5 Å². The van der Waals surface area contributed by atoms with Crippen LogP contribution < -0.4 is 14.8 Å². The maximum Gasteiger partial charge on any atom is 0.371 e. The lowest BCUT2D eigenvalue weighted by molar-refractivity contribution is -0.136. The Bertz CT molecular complexity index is 580. The van der Waals surface area contributed by atoms with Gasteiger partial charge in [-0.2, -0.15) is 0 Å². The van der Waals surface area contributed by atoms with Gasteiger partial charge in [0.25, 0.3) is 0 Å². The first-order valence-corrected chi connectivity index (χ1v) is 5.81. The number of carbonyl (C=O) groups is 2. The second-order valence-corrected chi connectivity index (χ2v) is 4.18. The molecule has 0 aromatic heterocycles. The fraction of sp³-hybridized carbons (Fsp3) is 0.231. The molecule has 20 heavy (non-hydrogen) atoms. The minimum Gasteiger partial charge on any atom is -0.502 e. The lowest BCUT2D eigenvalue weighted by Crippen LogP contribution is -2.25. The van der Waals surface area contributed by atoms with Gasteiger partial charge in [-0.3, -0.25) is 4.79 Å². The van der Waals surface area contributed by atoms with Gasteiger partial charge in [0, 0.05) is 0 Å². The molecular formula is C13H13NO6. The molecule has 2 rings (SSSR count). The number of carbonyl (C=O) groups excluding carboxylic acids is 1. The Morgan fingerprint density at radius 3 is 2.70 bits per heavy atom. The number of benzene rings is 1. The molecule has 1 heterocycles. The Kier molecular flexibility index (Phi) is 3.79. The van der Waals surface area contributed by atoms with Crippen LogP contribution in [0.4, 0.5) is 0 Å². The highest BCUT2D eigenvalue weighted by atomic mass is 16.7. The first kappa shape index (κ1) is 13.7. The molecule has 1 aromatic carbocycles. The molecule has 0 spiro atoms. The molecule has 7 nitrogen and oxygen atoms in total. The number of fused-ring (bicyclic) bond motifs is 1. The Hall–Kier alpha value is -2.70. The lowest BCUT2D eigenvalue weighted by Gasteiger charge is -2.13. The first-order chi connectivity index (χ1) is 9.47. The van der Waals surface area contributed by atoms with Crippen molar-refractivity contribution >= 4 is 11.9 Å². The number of rotatable bonds is 4. The van der Waals surface area contributed by atoms with Crippen molar-refractivity contribution in [1.82, 2.24) is 5.32 Å². The molecule has 0 radical (unpaired) electrons. The smallest absolute Gasteiger partial charge is 0.371 e. The van der Waals surface area contributed by atoms with Gasteiger partial charge in [-0.1, -0.05) is 6.07 Å². The monoisotopic (exact) mass is 279 g/mol. The summed E-state index contributed by atoms with van der Waals surface area (Å²) in [5, 5.41) is 20.0. The predicted octanol–water partition coefficient (Wildman–Crippen LogP) is 1.12. The number of aliphatic carboxylic acids is 1. The van der Waals surface area contributed by atoms with Crippen molar-refractivity contribution in [3.05, 3.63) is 35.6 Å². The van der Waals surface area contributed by atoms with Gasteiger partial charge in [0.05, 0.1) is 12.1 Å². The number of nitrogens with one attached hydrogen (secondary N) is 1. The molecule has 0 bridgehead atoms. The van der Waals surface area contributed by atoms with E-state index >= 15 is 0 Å². The van der Waals surface area contributed by atoms with Crippen molar-refractivity contribution in [3.63, 3.8) is 0 Å². The van der Waals surface area contributed by atoms with Crippen molar-refractivity contribution in [2.24, 2.45) is 0 Å². The van der Waals surface area contributed by atoms with Crippen LogP contribution in [0.15, 0.2) is 30.0 Å². The van der Waals surface area contributed by atoms with E-state index in [2.05, 4.69) is 5.32 Å². The molecule has 1 unspecified atom stereocenters. The predicted molar refractivity (Wildman–Crippen MR) is 67.5 cm³/mol. The average molecular weight is 279 g/mol. The summed E-state index contributed by atoms with van der Waals surface area (Å²) >= 11 is 0. The normalized spacial score (nSPS) is 14.8. The summed E-state index contributed by atoms with van der Waals surface area (Å²) in [6, 6.07) is 4.84. The van der Waals surface area contributed by atoms with Crippen molar-refractivity contribution in [2.75, 3.05) is 6.79 Å². The second-order valence-electron chi connectivity index (χ2n) is 4.18. The van der Waals surface area contributed by atoms with Crippen LogP contribution in [-0.4, -0.2) is 28.9 Å². The Morgan fingerprint density at radius 1 is 1.30 bits per heavy atom. The van der Waals surface area contributed by atoms with Crippen LogP contribution in [0.25, 0.3) is 0 Å². The molecule has 0 fully saturated rings. The SMILES string of the molecule is CC(NC(=O)C=C(O)C(=O)O)c1ccc2c(c1)OCO2. The topological polar surface area (TPSA) is 105 Å². The fourth-order valence-corrected chi connectivity index (χ4v) is 1.71. The third kappa shape index (κ3) is 3.00. The van der Waals surface area contributed by atoms with Crippen molar-refractivity contribution < 1.29 is 29.3 Å². The van der Waals surface area contributed by atoms with E-state index < -0.39 is 17.6 Å². The molecule has 1 amide bonds. The highest BCUT2D eigenvalue weighted by Gasteiger charge is 2.17. The van der Waals surface area contributed by atoms with E-state index in [0.29, 0.717) is 17.6 Å². The van der Waals surface area contributed by atoms with Gasteiger partial charge >= 0.3 is 5.97 Å². The van der Waals surface area contributed by atoms with E-state index in [1.54, 1.807) is 25.1 Å². The van der Waals surface area contributed by atoms with Gasteiger partial charge < -0.3 is 25.0 Å². The molecule has 1 aromatic rings. The molecule has 0 saturated carbocycles. The zero-order valence-electron chi connectivity index (χ0n) is 10.6. The number of hydrogen-bond acceptors (Lipinski definition) is 5. The minimum absolute atomic E-state index is 0.161. The summed E-state index contributed by atoms with van der Waals surface area (Å²) in [7, 11) is 0. The number of aliphatic hydroxyl groups excluding tert-OH is 1. The van der Waals surface area contributed by atoms with Crippen LogP contribution in [0.5, 0.6) is 11.5 Å². The van der Waals surface area contributed by atoms with Gasteiger partial charge in [-0.25, -0.2) is 4.79 Å². The largest absolute Gasteiger partial charge is 0.502 e. The summed E-state index contributed by atoms with van der Waals surface area (Å²) in [6.45, 7) is 1.88. The van der Waals surface area contributed by atoms with Gasteiger partial charge in [-0.15, -0.1) is 0 Å². The maximum atomic E-state index is 11.5. The zero-order valence-corrected chi connectivity index (χ0v) is 10.6. The number of amides is 1. The molecule has 106 valence electrons. The van der Waals surface area contributed by atoms with Crippen LogP contribution in [0, 0.1) is 0 Å². The van der Waals surface area contributed by atoms with E-state index in [-0.39, 0.29) is 12.8 Å². The van der Waals surface area contributed by atoms with Crippen LogP contribution in [0.2, 0.25) is 0 Å².